The Bertz CT molecular complexity index is 992. The summed E-state index contributed by atoms with van der Waals surface area (Å²) in [5, 5.41) is 7.88. The molecular weight excluding hydrogens is 334 g/mol. The van der Waals surface area contributed by atoms with Gasteiger partial charge in [0.15, 0.2) is 5.65 Å². The highest BCUT2D eigenvalue weighted by atomic mass is 15.1. The Morgan fingerprint density at radius 2 is 1.74 bits per heavy atom. The lowest BCUT2D eigenvalue weighted by atomic mass is 9.99. The molecule has 27 heavy (non-hydrogen) atoms. The molecule has 0 atom stereocenters. The number of rotatable bonds is 4. The predicted octanol–water partition coefficient (Wildman–Crippen LogP) is 5.30. The van der Waals surface area contributed by atoms with Crippen molar-refractivity contribution in [1.82, 2.24) is 25.1 Å². The molecule has 3 aromatic heterocycles. The molecule has 1 aliphatic carbocycles. The van der Waals surface area contributed by atoms with Crippen molar-refractivity contribution in [2.75, 3.05) is 0 Å². The average molecular weight is 359 g/mol. The van der Waals surface area contributed by atoms with Crippen LogP contribution in [0.2, 0.25) is 0 Å². The Labute approximate surface area is 160 Å². The minimum absolute atomic E-state index is 0.351. The van der Waals surface area contributed by atoms with E-state index in [0.29, 0.717) is 11.7 Å². The quantitative estimate of drug-likeness (QED) is 0.687. The molecule has 1 N–H and O–H groups in total. The number of nitrogens with one attached hydrogen (secondary N) is 1. The third-order valence-corrected chi connectivity index (χ3v) is 4.69. The molecule has 4 rings (SSSR count). The van der Waals surface area contributed by atoms with E-state index in [4.69, 9.17) is 4.98 Å². The second-order valence-electron chi connectivity index (χ2n) is 6.26. The first-order chi connectivity index (χ1) is 13.2. The Morgan fingerprint density at radius 1 is 1.04 bits per heavy atom. The minimum Gasteiger partial charge on any atom is -0.261 e. The second-order valence-corrected chi connectivity index (χ2v) is 6.26. The summed E-state index contributed by atoms with van der Waals surface area (Å²) < 4.78 is 0. The Morgan fingerprint density at radius 3 is 2.41 bits per heavy atom. The van der Waals surface area contributed by atoms with Crippen molar-refractivity contribution in [3.63, 3.8) is 0 Å². The fourth-order valence-corrected chi connectivity index (χ4v) is 3.46. The number of pyridine rings is 1. The van der Waals surface area contributed by atoms with Crippen LogP contribution in [0.25, 0.3) is 22.4 Å². The molecular formula is C22H25N5. The van der Waals surface area contributed by atoms with Gasteiger partial charge in [-0.05, 0) is 43.0 Å². The van der Waals surface area contributed by atoms with E-state index < -0.39 is 0 Å². The number of hydrogen-bond donors (Lipinski definition) is 1. The first-order valence-electron chi connectivity index (χ1n) is 9.31. The maximum Gasteiger partial charge on any atom is 0.159 e. The van der Waals surface area contributed by atoms with Gasteiger partial charge in [-0.1, -0.05) is 45.2 Å². The van der Waals surface area contributed by atoms with Gasteiger partial charge in [0.1, 0.15) is 11.5 Å². The highest BCUT2D eigenvalue weighted by Gasteiger charge is 2.24. The molecule has 0 saturated carbocycles. The molecule has 138 valence electrons. The topological polar surface area (TPSA) is 67.3 Å². The van der Waals surface area contributed by atoms with Crippen molar-refractivity contribution >= 4 is 11.0 Å². The van der Waals surface area contributed by atoms with Gasteiger partial charge >= 0.3 is 0 Å². The summed E-state index contributed by atoms with van der Waals surface area (Å²) in [6.07, 6.45) is 7.52. The van der Waals surface area contributed by atoms with Crippen LogP contribution in [0.3, 0.4) is 0 Å². The van der Waals surface area contributed by atoms with Gasteiger partial charge in [-0.2, -0.15) is 5.10 Å². The number of aryl methyl sites for hydroxylation is 1. The van der Waals surface area contributed by atoms with E-state index in [9.17, 15) is 0 Å². The van der Waals surface area contributed by atoms with Crippen LogP contribution in [0.5, 0.6) is 0 Å². The molecule has 0 aliphatic heterocycles. The van der Waals surface area contributed by atoms with Gasteiger partial charge in [-0.15, -0.1) is 0 Å². The van der Waals surface area contributed by atoms with Crippen LogP contribution in [-0.2, 0) is 0 Å². The van der Waals surface area contributed by atoms with Crippen molar-refractivity contribution in [1.29, 1.82) is 0 Å². The van der Waals surface area contributed by atoms with Crippen LogP contribution in [0.15, 0.2) is 60.9 Å². The van der Waals surface area contributed by atoms with Crippen molar-refractivity contribution in [2.24, 2.45) is 0 Å². The van der Waals surface area contributed by atoms with Gasteiger partial charge in [0.2, 0.25) is 0 Å². The lowest BCUT2D eigenvalue weighted by molar-refractivity contribution is 0.713. The number of H-pyrrole nitrogens is 1. The summed E-state index contributed by atoms with van der Waals surface area (Å²) in [5.41, 5.74) is 6.00. The summed E-state index contributed by atoms with van der Waals surface area (Å²) in [6, 6.07) is 6.12. The fourth-order valence-electron chi connectivity index (χ4n) is 3.46. The Kier molecular flexibility index (Phi) is 5.60. The maximum atomic E-state index is 4.91. The van der Waals surface area contributed by atoms with Crippen LogP contribution < -0.4 is 0 Å². The molecule has 0 bridgehead atoms. The molecule has 3 heterocycles. The molecule has 0 spiro atoms. The zero-order valence-corrected chi connectivity index (χ0v) is 16.2. The van der Waals surface area contributed by atoms with E-state index in [-0.39, 0.29) is 0 Å². The summed E-state index contributed by atoms with van der Waals surface area (Å²) in [7, 11) is 0. The number of allylic oxidation sites excluding steroid dienone is 4. The molecule has 0 unspecified atom stereocenters. The molecule has 1 aliphatic rings. The fraction of sp³-hybridized carbons (Fsp3) is 0.273. The first kappa shape index (κ1) is 18.7. The zero-order valence-electron chi connectivity index (χ0n) is 16.2. The van der Waals surface area contributed by atoms with Gasteiger partial charge < -0.3 is 0 Å². The molecule has 0 radical (unpaired) electrons. The molecule has 5 heteroatoms. The summed E-state index contributed by atoms with van der Waals surface area (Å²) in [4.78, 5) is 13.9. The third-order valence-electron chi connectivity index (χ3n) is 4.69. The van der Waals surface area contributed by atoms with Crippen molar-refractivity contribution in [3.8, 4) is 11.4 Å². The molecule has 3 aromatic rings. The van der Waals surface area contributed by atoms with E-state index >= 15 is 0 Å². The summed E-state index contributed by atoms with van der Waals surface area (Å²) in [6.45, 7) is 13.7. The smallest absolute Gasteiger partial charge is 0.159 e. The van der Waals surface area contributed by atoms with Crippen LogP contribution in [-0.4, -0.2) is 25.1 Å². The van der Waals surface area contributed by atoms with E-state index in [1.807, 2.05) is 45.1 Å². The molecule has 0 amide bonds. The lowest BCUT2D eigenvalue weighted by Crippen LogP contribution is -2.01. The monoisotopic (exact) mass is 359 g/mol. The Hall–Kier alpha value is -3.08. The van der Waals surface area contributed by atoms with E-state index in [1.54, 1.807) is 6.20 Å². The second kappa shape index (κ2) is 8.08. The van der Waals surface area contributed by atoms with Gasteiger partial charge in [0, 0.05) is 11.6 Å². The molecule has 0 aromatic carbocycles. The standard InChI is InChI=1S/C20H19N5.C2H6/c1-4-13-9-15(10-14(13)5-2)17-7-6-8-18(24-17)19-16-11-21-25-20(16)23-12(3)22-19;1-2/h4-8,11,15H,1-2,9-10H2,3H3,(H,21,22,23,25);1-2H3. The minimum atomic E-state index is 0.351. The van der Waals surface area contributed by atoms with Gasteiger partial charge in [0.25, 0.3) is 0 Å². The molecule has 0 saturated heterocycles. The first-order valence-corrected chi connectivity index (χ1v) is 9.31. The average Bonchev–Trinajstić information content (AvgIpc) is 3.35. The van der Waals surface area contributed by atoms with Crippen LogP contribution in [0.4, 0.5) is 0 Å². The highest BCUT2D eigenvalue weighted by molar-refractivity contribution is 5.88. The zero-order chi connectivity index (χ0) is 19.4. The van der Waals surface area contributed by atoms with Crippen molar-refractivity contribution < 1.29 is 0 Å². The van der Waals surface area contributed by atoms with Crippen LogP contribution in [0.1, 0.15) is 44.1 Å². The molecule has 0 fully saturated rings. The lowest BCUT2D eigenvalue weighted by Gasteiger charge is -2.11. The van der Waals surface area contributed by atoms with Gasteiger partial charge in [0.05, 0.1) is 17.3 Å². The normalized spacial score (nSPS) is 14.2. The van der Waals surface area contributed by atoms with Crippen molar-refractivity contribution in [2.45, 2.75) is 39.5 Å². The third kappa shape index (κ3) is 3.58. The summed E-state index contributed by atoms with van der Waals surface area (Å²) in [5.74, 6) is 1.05. The predicted molar refractivity (Wildman–Crippen MR) is 110 cm³/mol. The van der Waals surface area contributed by atoms with Gasteiger partial charge in [-0.3, -0.25) is 10.1 Å². The highest BCUT2D eigenvalue weighted by Crippen LogP contribution is 2.39. The number of hydrogen-bond acceptors (Lipinski definition) is 4. The largest absolute Gasteiger partial charge is 0.261 e. The summed E-state index contributed by atoms with van der Waals surface area (Å²) >= 11 is 0. The van der Waals surface area contributed by atoms with Crippen molar-refractivity contribution in [3.05, 3.63) is 72.4 Å². The number of nitrogens with zero attached hydrogens (tertiary/aromatic N) is 4. The van der Waals surface area contributed by atoms with E-state index in [0.717, 1.165) is 41.0 Å². The molecule has 5 nitrogen and oxygen atoms in total. The van der Waals surface area contributed by atoms with E-state index in [2.05, 4.69) is 39.4 Å². The number of aromatic amines is 1. The number of fused-ring (bicyclic) bond motifs is 1. The van der Waals surface area contributed by atoms with E-state index in [1.165, 1.54) is 11.1 Å². The number of aromatic nitrogens is 5. The van der Waals surface area contributed by atoms with Crippen LogP contribution in [0, 0.1) is 6.92 Å². The van der Waals surface area contributed by atoms with Gasteiger partial charge in [-0.25, -0.2) is 9.97 Å². The SMILES string of the molecule is C=CC1=C(C=C)CC(c2cccc(-c3nc(C)nc4[nH]ncc34)n2)C1.CC. The Balaban J connectivity index is 0.00000102. The van der Waals surface area contributed by atoms with Crippen LogP contribution >= 0.6 is 0 Å². The maximum absolute atomic E-state index is 4.91.